The van der Waals surface area contributed by atoms with Crippen molar-refractivity contribution < 1.29 is 9.47 Å². The zero-order valence-corrected chi connectivity index (χ0v) is 13.4. The first-order valence-corrected chi connectivity index (χ1v) is 7.60. The Balaban J connectivity index is 1.84. The first kappa shape index (κ1) is 14.9. The smallest absolute Gasteiger partial charge is 0.161 e. The second-order valence-corrected chi connectivity index (χ2v) is 5.65. The Kier molecular flexibility index (Phi) is 4.29. The van der Waals surface area contributed by atoms with Crippen LogP contribution in [0.25, 0.3) is 0 Å². The minimum Gasteiger partial charge on any atom is -0.493 e. The Bertz CT molecular complexity index is 643. The predicted octanol–water partition coefficient (Wildman–Crippen LogP) is 3.22. The van der Waals surface area contributed by atoms with Gasteiger partial charge in [0.2, 0.25) is 0 Å². The van der Waals surface area contributed by atoms with Gasteiger partial charge in [-0.25, -0.2) is 0 Å². The molecule has 2 heterocycles. The lowest BCUT2D eigenvalue weighted by molar-refractivity contribution is 0.191. The molecule has 0 saturated heterocycles. The summed E-state index contributed by atoms with van der Waals surface area (Å²) in [5.74, 6) is 1.62. The van der Waals surface area contributed by atoms with Crippen LogP contribution in [0.1, 0.15) is 29.7 Å². The molecule has 4 nitrogen and oxygen atoms in total. The summed E-state index contributed by atoms with van der Waals surface area (Å²) < 4.78 is 10.8. The van der Waals surface area contributed by atoms with Crippen LogP contribution in [0.2, 0.25) is 0 Å². The number of hydrogen-bond acceptors (Lipinski definition) is 4. The van der Waals surface area contributed by atoms with Gasteiger partial charge in [0.25, 0.3) is 0 Å². The van der Waals surface area contributed by atoms with Crippen LogP contribution >= 0.6 is 0 Å². The lowest BCUT2D eigenvalue weighted by Crippen LogP contribution is -2.32. The molecule has 4 heteroatoms. The van der Waals surface area contributed by atoms with Crippen molar-refractivity contribution in [2.45, 2.75) is 25.9 Å². The van der Waals surface area contributed by atoms with E-state index in [9.17, 15) is 0 Å². The van der Waals surface area contributed by atoms with Crippen molar-refractivity contribution in [3.63, 3.8) is 0 Å². The van der Waals surface area contributed by atoms with Crippen molar-refractivity contribution in [3.05, 3.63) is 53.3 Å². The van der Waals surface area contributed by atoms with E-state index in [-0.39, 0.29) is 0 Å². The van der Waals surface area contributed by atoms with E-state index in [2.05, 4.69) is 41.1 Å². The highest BCUT2D eigenvalue weighted by Gasteiger charge is 2.23. The molecule has 0 N–H and O–H groups in total. The number of hydrogen-bond donors (Lipinski definition) is 0. The van der Waals surface area contributed by atoms with E-state index in [1.54, 1.807) is 14.2 Å². The zero-order chi connectivity index (χ0) is 15.5. The van der Waals surface area contributed by atoms with Crippen molar-refractivity contribution in [3.8, 4) is 11.5 Å². The summed E-state index contributed by atoms with van der Waals surface area (Å²) in [4.78, 5) is 6.59. The highest BCUT2D eigenvalue weighted by atomic mass is 16.5. The van der Waals surface area contributed by atoms with Crippen LogP contribution in [0, 0.1) is 0 Å². The monoisotopic (exact) mass is 298 g/mol. The van der Waals surface area contributed by atoms with Gasteiger partial charge < -0.3 is 9.47 Å². The van der Waals surface area contributed by atoms with Crippen LogP contribution in [0.15, 0.2) is 36.7 Å². The average Bonchev–Trinajstić information content (AvgIpc) is 2.60. The SMILES string of the molecule is COc1cc2c(cc1OC)CN([C@@H](C)c1ccncc1)CC2. The number of ether oxygens (including phenoxy) is 2. The van der Waals surface area contributed by atoms with Crippen LogP contribution in [0.3, 0.4) is 0 Å². The van der Waals surface area contributed by atoms with Gasteiger partial charge in [0.05, 0.1) is 14.2 Å². The Morgan fingerprint density at radius 3 is 2.32 bits per heavy atom. The highest BCUT2D eigenvalue weighted by Crippen LogP contribution is 2.35. The molecular weight excluding hydrogens is 276 g/mol. The molecule has 1 aromatic heterocycles. The molecular formula is C18H22N2O2. The van der Waals surface area contributed by atoms with Crippen molar-refractivity contribution in [1.29, 1.82) is 0 Å². The molecule has 0 fully saturated rings. The van der Waals surface area contributed by atoms with Gasteiger partial charge in [-0.1, -0.05) is 0 Å². The molecule has 1 aromatic carbocycles. The summed E-state index contributed by atoms with van der Waals surface area (Å²) in [5, 5.41) is 0. The highest BCUT2D eigenvalue weighted by molar-refractivity contribution is 5.48. The summed E-state index contributed by atoms with van der Waals surface area (Å²) in [7, 11) is 3.37. The maximum atomic E-state index is 5.43. The fourth-order valence-electron chi connectivity index (χ4n) is 3.09. The Morgan fingerprint density at radius 1 is 1.05 bits per heavy atom. The summed E-state index contributed by atoms with van der Waals surface area (Å²) in [6.07, 6.45) is 4.75. The van der Waals surface area contributed by atoms with Crippen LogP contribution in [0.5, 0.6) is 11.5 Å². The molecule has 0 unspecified atom stereocenters. The molecule has 3 rings (SSSR count). The summed E-state index contributed by atoms with van der Waals surface area (Å²) in [5.41, 5.74) is 3.99. The Hall–Kier alpha value is -2.07. The average molecular weight is 298 g/mol. The third kappa shape index (κ3) is 2.79. The number of aromatic nitrogens is 1. The van der Waals surface area contributed by atoms with Crippen LogP contribution in [-0.2, 0) is 13.0 Å². The molecule has 1 atom stereocenters. The van der Waals surface area contributed by atoms with E-state index < -0.39 is 0 Å². The number of methoxy groups -OCH3 is 2. The largest absolute Gasteiger partial charge is 0.493 e. The zero-order valence-electron chi connectivity index (χ0n) is 13.4. The van der Waals surface area contributed by atoms with Gasteiger partial charge in [0, 0.05) is 31.5 Å². The molecule has 2 aromatic rings. The minimum atomic E-state index is 0.379. The van der Waals surface area contributed by atoms with E-state index in [1.165, 1.54) is 16.7 Å². The van der Waals surface area contributed by atoms with Gasteiger partial charge in [-0.2, -0.15) is 0 Å². The topological polar surface area (TPSA) is 34.6 Å². The second kappa shape index (κ2) is 6.36. The third-order valence-corrected chi connectivity index (χ3v) is 4.48. The van der Waals surface area contributed by atoms with Gasteiger partial charge >= 0.3 is 0 Å². The molecule has 0 aliphatic carbocycles. The maximum absolute atomic E-state index is 5.43. The fourth-order valence-corrected chi connectivity index (χ4v) is 3.09. The molecule has 0 spiro atoms. The summed E-state index contributed by atoms with van der Waals surface area (Å²) in [6.45, 7) is 4.23. The van der Waals surface area contributed by atoms with Gasteiger partial charge in [0.1, 0.15) is 0 Å². The van der Waals surface area contributed by atoms with Crippen molar-refractivity contribution in [1.82, 2.24) is 9.88 Å². The lowest BCUT2D eigenvalue weighted by Gasteiger charge is -2.34. The molecule has 0 saturated carbocycles. The fraction of sp³-hybridized carbons (Fsp3) is 0.389. The predicted molar refractivity (Wildman–Crippen MR) is 86.3 cm³/mol. The third-order valence-electron chi connectivity index (χ3n) is 4.48. The maximum Gasteiger partial charge on any atom is 0.161 e. The Morgan fingerprint density at radius 2 is 1.68 bits per heavy atom. The van der Waals surface area contributed by atoms with Crippen LogP contribution in [0.4, 0.5) is 0 Å². The molecule has 116 valence electrons. The van der Waals surface area contributed by atoms with Crippen LogP contribution < -0.4 is 9.47 Å². The molecule has 0 radical (unpaired) electrons. The van der Waals surface area contributed by atoms with Gasteiger partial charge in [-0.3, -0.25) is 9.88 Å². The summed E-state index contributed by atoms with van der Waals surface area (Å²) in [6, 6.07) is 8.79. The number of pyridine rings is 1. The Labute approximate surface area is 131 Å². The number of benzene rings is 1. The molecule has 1 aliphatic rings. The number of rotatable bonds is 4. The first-order valence-electron chi connectivity index (χ1n) is 7.60. The molecule has 0 bridgehead atoms. The number of nitrogens with zero attached hydrogens (tertiary/aromatic N) is 2. The van der Waals surface area contributed by atoms with E-state index in [0.717, 1.165) is 31.0 Å². The minimum absolute atomic E-state index is 0.379. The molecule has 0 amide bonds. The van der Waals surface area contributed by atoms with Crippen molar-refractivity contribution in [2.75, 3.05) is 20.8 Å². The van der Waals surface area contributed by atoms with Gasteiger partial charge in [-0.15, -0.1) is 0 Å². The molecule has 22 heavy (non-hydrogen) atoms. The van der Waals surface area contributed by atoms with E-state index in [1.807, 2.05) is 12.4 Å². The lowest BCUT2D eigenvalue weighted by atomic mass is 9.96. The van der Waals surface area contributed by atoms with E-state index in [4.69, 9.17) is 9.47 Å². The normalized spacial score (nSPS) is 16.0. The quantitative estimate of drug-likeness (QED) is 0.868. The van der Waals surface area contributed by atoms with Crippen LogP contribution in [-0.4, -0.2) is 30.6 Å². The van der Waals surface area contributed by atoms with E-state index >= 15 is 0 Å². The summed E-state index contributed by atoms with van der Waals surface area (Å²) >= 11 is 0. The number of fused-ring (bicyclic) bond motifs is 1. The van der Waals surface area contributed by atoms with Crippen molar-refractivity contribution >= 4 is 0 Å². The molecule has 1 aliphatic heterocycles. The first-order chi connectivity index (χ1) is 10.7. The standard InChI is InChI=1S/C18H22N2O2/c1-13(14-4-7-19-8-5-14)20-9-6-15-10-17(21-2)18(22-3)11-16(15)12-20/h4-5,7-8,10-11,13H,6,9,12H2,1-3H3/t13-/m0/s1. The van der Waals surface area contributed by atoms with E-state index in [0.29, 0.717) is 6.04 Å². The second-order valence-electron chi connectivity index (χ2n) is 5.65. The van der Waals surface area contributed by atoms with Gasteiger partial charge in [0.15, 0.2) is 11.5 Å². The van der Waals surface area contributed by atoms with Crippen molar-refractivity contribution in [2.24, 2.45) is 0 Å². The van der Waals surface area contributed by atoms with Gasteiger partial charge in [-0.05, 0) is 54.3 Å².